The van der Waals surface area contributed by atoms with E-state index in [2.05, 4.69) is 9.47 Å². The first-order chi connectivity index (χ1) is 5.57. The first-order valence-electron chi connectivity index (χ1n) is 2.97. The number of hydrogen-bond acceptors (Lipinski definition) is 4. The maximum atomic E-state index is 10.2. The summed E-state index contributed by atoms with van der Waals surface area (Å²) in [6, 6.07) is 0. The van der Waals surface area contributed by atoms with Gasteiger partial charge in [0.15, 0.2) is 0 Å². The van der Waals surface area contributed by atoms with Crippen LogP contribution in [-0.4, -0.2) is 28.6 Å². The van der Waals surface area contributed by atoms with Gasteiger partial charge < -0.3 is 19.7 Å². The van der Waals surface area contributed by atoms with Crippen LogP contribution in [-0.2, 0) is 14.3 Å². The molecule has 1 unspecified atom stereocenters. The zero-order chi connectivity index (χ0) is 9.56. The van der Waals surface area contributed by atoms with Crippen LogP contribution in [0.4, 0.5) is 4.79 Å². The number of carboxylic acids is 1. The molecule has 6 heteroatoms. The molecule has 0 aliphatic heterocycles. The Morgan fingerprint density at radius 3 is 2.33 bits per heavy atom. The number of ether oxygens (including phenoxy) is 2. The number of hydrogen-bond donors (Lipinski definition) is 2. The Kier molecular flexibility index (Phi) is 4.28. The number of carboxylic acid groups (broad SMARTS) is 2. The maximum Gasteiger partial charge on any atom is 0.509 e. The SMILES string of the molecule is CC=COC(OC(=O)O)C(=O)O. The van der Waals surface area contributed by atoms with E-state index in [1.165, 1.54) is 6.08 Å². The predicted molar refractivity (Wildman–Crippen MR) is 36.4 cm³/mol. The van der Waals surface area contributed by atoms with E-state index in [0.29, 0.717) is 0 Å². The number of aliphatic carboxylic acids is 1. The molecule has 0 aliphatic carbocycles. The van der Waals surface area contributed by atoms with Crippen molar-refractivity contribution in [1.29, 1.82) is 0 Å². The minimum atomic E-state index is -1.81. The van der Waals surface area contributed by atoms with Crippen LogP contribution in [0.3, 0.4) is 0 Å². The second-order valence-electron chi connectivity index (χ2n) is 1.66. The maximum absolute atomic E-state index is 10.2. The summed E-state index contributed by atoms with van der Waals surface area (Å²) in [7, 11) is 0. The van der Waals surface area contributed by atoms with Gasteiger partial charge in [-0.15, -0.1) is 0 Å². The summed E-state index contributed by atoms with van der Waals surface area (Å²) >= 11 is 0. The van der Waals surface area contributed by atoms with Crippen LogP contribution in [0.25, 0.3) is 0 Å². The van der Waals surface area contributed by atoms with Gasteiger partial charge >= 0.3 is 18.4 Å². The summed E-state index contributed by atoms with van der Waals surface area (Å²) in [4.78, 5) is 20.1. The van der Waals surface area contributed by atoms with E-state index < -0.39 is 18.4 Å². The van der Waals surface area contributed by atoms with Gasteiger partial charge in [-0.05, 0) is 6.92 Å². The van der Waals surface area contributed by atoms with Crippen LogP contribution in [0.5, 0.6) is 0 Å². The van der Waals surface area contributed by atoms with E-state index in [1.807, 2.05) is 0 Å². The third kappa shape index (κ3) is 4.15. The number of carbonyl (C=O) groups is 2. The van der Waals surface area contributed by atoms with Crippen molar-refractivity contribution in [2.24, 2.45) is 0 Å². The lowest BCUT2D eigenvalue weighted by Crippen LogP contribution is -2.27. The molecule has 0 aliphatic rings. The average Bonchev–Trinajstić information content (AvgIpc) is 1.96. The Bertz CT molecular complexity index is 196. The minimum Gasteiger partial charge on any atom is -0.476 e. The van der Waals surface area contributed by atoms with Gasteiger partial charge in [0.25, 0.3) is 0 Å². The quantitative estimate of drug-likeness (QED) is 0.371. The molecule has 0 bridgehead atoms. The average molecular weight is 176 g/mol. The molecule has 0 heterocycles. The Balaban J connectivity index is 4.04. The van der Waals surface area contributed by atoms with Crippen molar-refractivity contribution in [1.82, 2.24) is 0 Å². The van der Waals surface area contributed by atoms with E-state index in [0.717, 1.165) is 6.26 Å². The first kappa shape index (κ1) is 10.3. The first-order valence-corrected chi connectivity index (χ1v) is 2.97. The fourth-order valence-corrected chi connectivity index (χ4v) is 0.378. The molecule has 0 fully saturated rings. The molecule has 0 aromatic carbocycles. The van der Waals surface area contributed by atoms with Crippen molar-refractivity contribution in [3.63, 3.8) is 0 Å². The molecule has 0 rings (SSSR count). The summed E-state index contributed by atoms with van der Waals surface area (Å²) in [6.45, 7) is 1.58. The summed E-state index contributed by atoms with van der Waals surface area (Å²) in [5.74, 6) is -1.50. The summed E-state index contributed by atoms with van der Waals surface area (Å²) in [5, 5.41) is 16.3. The lowest BCUT2D eigenvalue weighted by atomic mass is 10.6. The lowest BCUT2D eigenvalue weighted by Gasteiger charge is -2.09. The lowest BCUT2D eigenvalue weighted by molar-refractivity contribution is -0.169. The highest BCUT2D eigenvalue weighted by atomic mass is 16.8. The monoisotopic (exact) mass is 176 g/mol. The Hall–Kier alpha value is -1.72. The van der Waals surface area contributed by atoms with E-state index in [1.54, 1.807) is 6.92 Å². The Morgan fingerprint density at radius 2 is 2.00 bits per heavy atom. The fraction of sp³-hybridized carbons (Fsp3) is 0.333. The van der Waals surface area contributed by atoms with E-state index in [4.69, 9.17) is 10.2 Å². The molecule has 6 nitrogen and oxygen atoms in total. The standard InChI is InChI=1S/C6H8O6/c1-2-3-11-5(4(7)8)12-6(9)10/h2-3,5H,1H3,(H,7,8)(H,9,10). The molecule has 1 atom stereocenters. The molecule has 0 saturated heterocycles. The second kappa shape index (κ2) is 5.00. The molecule has 0 aromatic rings. The highest BCUT2D eigenvalue weighted by Gasteiger charge is 2.21. The van der Waals surface area contributed by atoms with Crippen LogP contribution < -0.4 is 0 Å². The fourth-order valence-electron chi connectivity index (χ4n) is 0.378. The van der Waals surface area contributed by atoms with Gasteiger partial charge in [0.2, 0.25) is 0 Å². The van der Waals surface area contributed by atoms with Crippen LogP contribution in [0.15, 0.2) is 12.3 Å². The van der Waals surface area contributed by atoms with Gasteiger partial charge in [-0.25, -0.2) is 9.59 Å². The van der Waals surface area contributed by atoms with Crippen molar-refractivity contribution < 1.29 is 29.3 Å². The topological polar surface area (TPSA) is 93.1 Å². The third-order valence-corrected chi connectivity index (χ3v) is 0.748. The molecule has 0 aromatic heterocycles. The zero-order valence-corrected chi connectivity index (χ0v) is 6.26. The number of allylic oxidation sites excluding steroid dienone is 1. The molecular formula is C6H8O6. The molecule has 12 heavy (non-hydrogen) atoms. The smallest absolute Gasteiger partial charge is 0.476 e. The molecule has 0 radical (unpaired) electrons. The van der Waals surface area contributed by atoms with E-state index in [9.17, 15) is 9.59 Å². The largest absolute Gasteiger partial charge is 0.509 e. The van der Waals surface area contributed by atoms with Gasteiger partial charge in [-0.3, -0.25) is 0 Å². The summed E-state index contributed by atoms with van der Waals surface area (Å²) in [6.07, 6.45) is -1.08. The van der Waals surface area contributed by atoms with Gasteiger partial charge in [-0.1, -0.05) is 6.08 Å². The zero-order valence-electron chi connectivity index (χ0n) is 6.26. The predicted octanol–water partition coefficient (Wildman–Crippen LogP) is 0.642. The van der Waals surface area contributed by atoms with Crippen molar-refractivity contribution in [2.75, 3.05) is 0 Å². The Morgan fingerprint density at radius 1 is 1.42 bits per heavy atom. The molecule has 0 amide bonds. The molecule has 68 valence electrons. The molecule has 2 N–H and O–H groups in total. The number of rotatable bonds is 4. The molecule has 0 spiro atoms. The van der Waals surface area contributed by atoms with Crippen LogP contribution in [0.1, 0.15) is 6.92 Å². The van der Waals surface area contributed by atoms with Gasteiger partial charge in [0, 0.05) is 0 Å². The summed E-state index contributed by atoms with van der Waals surface area (Å²) < 4.78 is 8.24. The highest BCUT2D eigenvalue weighted by Crippen LogP contribution is 1.96. The third-order valence-electron chi connectivity index (χ3n) is 0.748. The van der Waals surface area contributed by atoms with Crippen molar-refractivity contribution >= 4 is 12.1 Å². The van der Waals surface area contributed by atoms with Gasteiger partial charge in [0.1, 0.15) is 0 Å². The van der Waals surface area contributed by atoms with Gasteiger partial charge in [0.05, 0.1) is 6.26 Å². The van der Waals surface area contributed by atoms with E-state index in [-0.39, 0.29) is 0 Å². The molecular weight excluding hydrogens is 168 g/mol. The van der Waals surface area contributed by atoms with Crippen LogP contribution in [0, 0.1) is 0 Å². The van der Waals surface area contributed by atoms with Crippen LogP contribution in [0.2, 0.25) is 0 Å². The summed E-state index contributed by atoms with van der Waals surface area (Å²) in [5.41, 5.74) is 0. The van der Waals surface area contributed by atoms with Crippen molar-refractivity contribution in [2.45, 2.75) is 13.2 Å². The highest BCUT2D eigenvalue weighted by molar-refractivity contribution is 5.73. The normalized spacial score (nSPS) is 12.4. The molecule has 0 saturated carbocycles. The van der Waals surface area contributed by atoms with Gasteiger partial charge in [-0.2, -0.15) is 0 Å². The van der Waals surface area contributed by atoms with Crippen molar-refractivity contribution in [3.05, 3.63) is 12.3 Å². The van der Waals surface area contributed by atoms with Crippen molar-refractivity contribution in [3.8, 4) is 0 Å². The second-order valence-corrected chi connectivity index (χ2v) is 1.66. The van der Waals surface area contributed by atoms with E-state index >= 15 is 0 Å². The Labute approximate surface area is 68.0 Å². The van der Waals surface area contributed by atoms with Crippen LogP contribution >= 0.6 is 0 Å². The minimum absolute atomic E-state index is 1.03.